The van der Waals surface area contributed by atoms with Crippen LogP contribution in [0.15, 0.2) is 77.4 Å². The van der Waals surface area contributed by atoms with Gasteiger partial charge in [0.25, 0.3) is 0 Å². The van der Waals surface area contributed by atoms with E-state index in [1.165, 1.54) is 13.0 Å². The SMILES string of the molecule is CC(C)CC1NC(=O)C(CC(N)=O)NC(=O)C(CC(N)=O)NC(=O)C(C(C)C)NC(=O)C(NC(=O)C=CC=CC=CC=CC=Cc2ccc(O)c(Br)c2)C(C)OC1=O. The van der Waals surface area contributed by atoms with Crippen LogP contribution in [0, 0.1) is 11.8 Å². The van der Waals surface area contributed by atoms with Crippen LogP contribution >= 0.6 is 15.9 Å². The maximum absolute atomic E-state index is 13.8. The van der Waals surface area contributed by atoms with Crippen LogP contribution in [0.5, 0.6) is 5.75 Å². The first-order chi connectivity index (χ1) is 27.3. The van der Waals surface area contributed by atoms with E-state index in [1.807, 2.05) is 12.2 Å². The monoisotopic (exact) mass is 869 g/mol. The van der Waals surface area contributed by atoms with Crippen molar-refractivity contribution in [2.75, 3.05) is 0 Å². The second-order valence-electron chi connectivity index (χ2n) is 14.1. The van der Waals surface area contributed by atoms with E-state index in [2.05, 4.69) is 42.5 Å². The van der Waals surface area contributed by atoms with Gasteiger partial charge in [0.15, 0.2) is 0 Å². The molecule has 10 N–H and O–H groups in total. The zero-order valence-corrected chi connectivity index (χ0v) is 34.5. The van der Waals surface area contributed by atoms with Gasteiger partial charge in [-0.3, -0.25) is 33.6 Å². The minimum Gasteiger partial charge on any atom is -0.507 e. The Morgan fingerprint density at radius 2 is 1.29 bits per heavy atom. The summed E-state index contributed by atoms with van der Waals surface area (Å²) >= 11 is 3.27. The molecule has 6 unspecified atom stereocenters. The molecule has 18 heteroatoms. The van der Waals surface area contributed by atoms with Crippen LogP contribution in [0.25, 0.3) is 6.08 Å². The molecule has 0 radical (unpaired) electrons. The maximum Gasteiger partial charge on any atom is 0.328 e. The standard InChI is InChI=1S/C40H52BrN7O10/c1-22(2)18-29-40(57)58-24(5)35(47-33(52)15-13-11-9-7-6-8-10-12-14-25-16-17-30(49)26(41)19-25)39(56)48-34(23(3)4)38(55)45-28(21-32(43)51)36(53)44-27(20-31(42)50)37(54)46-29/h6-17,19,22-24,27-29,34-35,49H,18,20-21H2,1-5H3,(H2,42,50)(H2,43,51)(H,44,53)(H,45,55)(H,46,54)(H,47,52)(H,48,56). The molecule has 17 nitrogen and oxygen atoms in total. The third-order valence-corrected chi connectivity index (χ3v) is 8.90. The second kappa shape index (κ2) is 23.9. The minimum atomic E-state index is -1.65. The Morgan fingerprint density at radius 1 is 0.776 bits per heavy atom. The van der Waals surface area contributed by atoms with E-state index in [0.29, 0.717) is 4.47 Å². The van der Waals surface area contributed by atoms with Crippen molar-refractivity contribution < 1.29 is 48.2 Å². The van der Waals surface area contributed by atoms with Gasteiger partial charge in [-0.1, -0.05) is 88.4 Å². The Balaban J connectivity index is 2.37. The number of carbonyl (C=O) groups is 8. The molecule has 7 amide bonds. The molecule has 314 valence electrons. The average molecular weight is 871 g/mol. The second-order valence-corrected chi connectivity index (χ2v) is 15.0. The van der Waals surface area contributed by atoms with E-state index in [-0.39, 0.29) is 18.1 Å². The van der Waals surface area contributed by atoms with Crippen molar-refractivity contribution in [3.8, 4) is 5.75 Å². The molecule has 1 aliphatic rings. The van der Waals surface area contributed by atoms with E-state index in [9.17, 15) is 43.5 Å². The van der Waals surface area contributed by atoms with Crippen LogP contribution in [0.2, 0.25) is 0 Å². The summed E-state index contributed by atoms with van der Waals surface area (Å²) in [6.07, 6.45) is 13.7. The van der Waals surface area contributed by atoms with E-state index in [0.717, 1.165) is 11.6 Å². The number of cyclic esters (lactones) is 1. The summed E-state index contributed by atoms with van der Waals surface area (Å²) in [5, 5.41) is 21.8. The topological polar surface area (TPSA) is 278 Å². The highest BCUT2D eigenvalue weighted by molar-refractivity contribution is 9.10. The first kappa shape index (κ1) is 48.1. The van der Waals surface area contributed by atoms with Crippen LogP contribution < -0.4 is 38.1 Å². The normalized spacial score (nSPS) is 23.1. The van der Waals surface area contributed by atoms with E-state index < -0.39 is 102 Å². The van der Waals surface area contributed by atoms with Gasteiger partial charge in [0.05, 0.1) is 17.3 Å². The van der Waals surface area contributed by atoms with Crippen molar-refractivity contribution >= 4 is 69.3 Å². The highest BCUT2D eigenvalue weighted by atomic mass is 79.9. The quantitative estimate of drug-likeness (QED) is 0.0752. The number of primary amides is 2. The van der Waals surface area contributed by atoms with Gasteiger partial charge >= 0.3 is 5.97 Å². The fraction of sp³-hybridized carbons (Fsp3) is 0.400. The molecule has 0 bridgehead atoms. The Hall–Kier alpha value is -6.04. The summed E-state index contributed by atoms with van der Waals surface area (Å²) in [6, 6.07) is -2.44. The highest BCUT2D eigenvalue weighted by Gasteiger charge is 2.38. The van der Waals surface area contributed by atoms with Crippen LogP contribution in [0.3, 0.4) is 0 Å². The Bertz CT molecular complexity index is 1840. The lowest BCUT2D eigenvalue weighted by Crippen LogP contribution is -2.62. The van der Waals surface area contributed by atoms with E-state index >= 15 is 0 Å². The molecule has 1 heterocycles. The summed E-state index contributed by atoms with van der Waals surface area (Å²) in [5.74, 6) is -8.32. The number of phenols is 1. The molecule has 1 fully saturated rings. The minimum absolute atomic E-state index is 0.0293. The highest BCUT2D eigenvalue weighted by Crippen LogP contribution is 2.24. The summed E-state index contributed by atoms with van der Waals surface area (Å²) < 4.78 is 6.20. The van der Waals surface area contributed by atoms with Crippen molar-refractivity contribution in [1.82, 2.24) is 26.6 Å². The van der Waals surface area contributed by atoms with Crippen LogP contribution in [-0.2, 0) is 43.1 Å². The summed E-state index contributed by atoms with van der Waals surface area (Å²) in [6.45, 7) is 8.02. The Morgan fingerprint density at radius 3 is 1.81 bits per heavy atom. The fourth-order valence-electron chi connectivity index (χ4n) is 5.34. The molecular formula is C40H52BrN7O10. The lowest BCUT2D eigenvalue weighted by Gasteiger charge is -2.31. The van der Waals surface area contributed by atoms with Gasteiger partial charge in [-0.05, 0) is 58.8 Å². The lowest BCUT2D eigenvalue weighted by molar-refractivity contribution is -0.156. The third-order valence-electron chi connectivity index (χ3n) is 8.27. The number of nitrogens with two attached hydrogens (primary N) is 2. The fourth-order valence-corrected chi connectivity index (χ4v) is 5.74. The lowest BCUT2D eigenvalue weighted by atomic mass is 10.0. The number of benzene rings is 1. The Kier molecular flexibility index (Phi) is 19.8. The molecule has 0 aromatic heterocycles. The first-order valence-corrected chi connectivity index (χ1v) is 19.2. The summed E-state index contributed by atoms with van der Waals surface area (Å²) in [7, 11) is 0. The largest absolute Gasteiger partial charge is 0.507 e. The van der Waals surface area contributed by atoms with Gasteiger partial charge in [0.1, 0.15) is 42.1 Å². The van der Waals surface area contributed by atoms with Gasteiger partial charge in [-0.15, -0.1) is 0 Å². The van der Waals surface area contributed by atoms with Gasteiger partial charge in [-0.2, -0.15) is 0 Å². The number of phenolic OH excluding ortho intramolecular Hbond substituents is 1. The molecule has 1 aliphatic heterocycles. The first-order valence-electron chi connectivity index (χ1n) is 18.4. The molecule has 1 aromatic carbocycles. The van der Waals surface area contributed by atoms with E-state index in [1.54, 1.807) is 82.4 Å². The van der Waals surface area contributed by atoms with Crippen molar-refractivity contribution in [3.05, 3.63) is 82.9 Å². The predicted molar refractivity (Wildman–Crippen MR) is 219 cm³/mol. The van der Waals surface area contributed by atoms with Gasteiger partial charge in [-0.25, -0.2) is 4.79 Å². The zero-order valence-electron chi connectivity index (χ0n) is 32.9. The number of allylic oxidation sites excluding steroid dienone is 8. The number of nitrogens with one attached hydrogen (secondary N) is 5. The molecule has 6 atom stereocenters. The summed E-state index contributed by atoms with van der Waals surface area (Å²) in [5.41, 5.74) is 11.6. The summed E-state index contributed by atoms with van der Waals surface area (Å²) in [4.78, 5) is 105. The number of amides is 7. The van der Waals surface area contributed by atoms with Gasteiger partial charge in [0, 0.05) is 6.08 Å². The number of halogens is 1. The number of hydrogen-bond acceptors (Lipinski definition) is 10. The van der Waals surface area contributed by atoms with Crippen molar-refractivity contribution in [3.63, 3.8) is 0 Å². The molecule has 0 aliphatic carbocycles. The van der Waals surface area contributed by atoms with Gasteiger partial charge < -0.3 is 47.9 Å². The molecule has 2 rings (SSSR count). The molecule has 1 aromatic rings. The molecule has 0 saturated carbocycles. The predicted octanol–water partition coefficient (Wildman–Crippen LogP) is 1.21. The number of aromatic hydroxyl groups is 1. The number of esters is 1. The maximum atomic E-state index is 13.8. The third kappa shape index (κ3) is 17.0. The molecule has 58 heavy (non-hydrogen) atoms. The van der Waals surface area contributed by atoms with Crippen molar-refractivity contribution in [1.29, 1.82) is 0 Å². The van der Waals surface area contributed by atoms with Crippen molar-refractivity contribution in [2.45, 2.75) is 90.2 Å². The number of ether oxygens (including phenoxy) is 1. The van der Waals surface area contributed by atoms with E-state index in [4.69, 9.17) is 16.2 Å². The Labute approximate surface area is 345 Å². The smallest absolute Gasteiger partial charge is 0.328 e. The molecule has 0 spiro atoms. The molecular weight excluding hydrogens is 818 g/mol. The zero-order chi connectivity index (χ0) is 43.5. The average Bonchev–Trinajstić information content (AvgIpc) is 3.12. The van der Waals surface area contributed by atoms with Gasteiger partial charge in [0.2, 0.25) is 41.4 Å². The number of hydrogen-bond donors (Lipinski definition) is 8. The van der Waals surface area contributed by atoms with Crippen LogP contribution in [-0.4, -0.2) is 88.7 Å². The number of rotatable bonds is 14. The van der Waals surface area contributed by atoms with Crippen LogP contribution in [0.4, 0.5) is 0 Å². The number of carbonyl (C=O) groups excluding carboxylic acids is 8. The van der Waals surface area contributed by atoms with Crippen LogP contribution in [0.1, 0.15) is 59.4 Å². The molecule has 1 saturated heterocycles. The van der Waals surface area contributed by atoms with Crippen molar-refractivity contribution in [2.24, 2.45) is 23.3 Å².